The molecule has 0 radical (unpaired) electrons. The molecule has 1 saturated heterocycles. The van der Waals surface area contributed by atoms with Crippen LogP contribution in [0.4, 0.5) is 0 Å². The summed E-state index contributed by atoms with van der Waals surface area (Å²) in [7, 11) is -3.83. The second kappa shape index (κ2) is 8.15. The largest absolute Gasteiger partial charge is 0.481 e. The molecule has 2 rings (SSSR count). The van der Waals surface area contributed by atoms with Crippen molar-refractivity contribution in [2.75, 3.05) is 13.2 Å². The summed E-state index contributed by atoms with van der Waals surface area (Å²) in [4.78, 5) is 11.8. The van der Waals surface area contributed by atoms with E-state index in [4.69, 9.17) is 9.94 Å². The third kappa shape index (κ3) is 4.06. The lowest BCUT2D eigenvalue weighted by molar-refractivity contribution is -0.134. The monoisotopic (exact) mass is 352 g/mol. The Hall–Kier alpha value is -2.08. The molecule has 2 N–H and O–H groups in total. The fourth-order valence-corrected chi connectivity index (χ4v) is 4.22. The highest BCUT2D eigenvalue weighted by molar-refractivity contribution is 7.89. The van der Waals surface area contributed by atoms with Gasteiger partial charge in [-0.3, -0.25) is 10.0 Å². The van der Waals surface area contributed by atoms with E-state index in [1.807, 2.05) is 0 Å². The van der Waals surface area contributed by atoms with Gasteiger partial charge >= 0.3 is 0 Å². The number of carbonyl (C=O) groups excluding carboxylic acids is 1. The minimum absolute atomic E-state index is 0.0778. The summed E-state index contributed by atoms with van der Waals surface area (Å²) in [5.74, 6) is 5.26. The maximum Gasteiger partial charge on any atom is 0.261 e. The third-order valence-corrected chi connectivity index (χ3v) is 5.71. The second-order valence-corrected chi connectivity index (χ2v) is 7.18. The first-order chi connectivity index (χ1) is 11.5. The molecule has 1 amide bonds. The van der Waals surface area contributed by atoms with Gasteiger partial charge < -0.3 is 4.74 Å². The Morgan fingerprint density at radius 3 is 2.71 bits per heavy atom. The van der Waals surface area contributed by atoms with Crippen LogP contribution in [0, 0.1) is 11.8 Å². The molecule has 8 heteroatoms. The first-order valence-electron chi connectivity index (χ1n) is 7.59. The highest BCUT2D eigenvalue weighted by Crippen LogP contribution is 2.26. The molecule has 1 unspecified atom stereocenters. The number of nitrogens with one attached hydrogen (secondary N) is 1. The fourth-order valence-electron chi connectivity index (χ4n) is 2.56. The standard InChI is InChI=1S/C16H20N2O5S/c1-2-3-12-23-13-7-9-14(10-8-13)24(21,22)18-11-5-4-6-15(18)16(19)17-20/h7-10,15,20H,4-6,11-12H2,1H3,(H,17,19). The molecular weight excluding hydrogens is 332 g/mol. The summed E-state index contributed by atoms with van der Waals surface area (Å²) < 4.78 is 32.1. The molecule has 1 atom stereocenters. The normalized spacial score (nSPS) is 18.3. The molecule has 130 valence electrons. The Morgan fingerprint density at radius 1 is 1.38 bits per heavy atom. The molecule has 0 bridgehead atoms. The lowest BCUT2D eigenvalue weighted by atomic mass is 10.0. The van der Waals surface area contributed by atoms with Crippen LogP contribution in [0.1, 0.15) is 26.2 Å². The van der Waals surface area contributed by atoms with Crippen LogP contribution in [0.3, 0.4) is 0 Å². The SMILES string of the molecule is CC#CCOc1ccc(S(=O)(=O)N2CCCCC2C(=O)NO)cc1. The van der Waals surface area contributed by atoms with Gasteiger partial charge in [-0.15, -0.1) is 5.92 Å². The summed E-state index contributed by atoms with van der Waals surface area (Å²) in [6, 6.07) is 5.08. The van der Waals surface area contributed by atoms with Crippen LogP contribution in [0.25, 0.3) is 0 Å². The van der Waals surface area contributed by atoms with Gasteiger partial charge in [0.2, 0.25) is 10.0 Å². The molecule has 1 fully saturated rings. The van der Waals surface area contributed by atoms with E-state index in [1.54, 1.807) is 24.5 Å². The van der Waals surface area contributed by atoms with E-state index in [0.29, 0.717) is 18.6 Å². The first-order valence-corrected chi connectivity index (χ1v) is 9.03. The topological polar surface area (TPSA) is 95.9 Å². The lowest BCUT2D eigenvalue weighted by Gasteiger charge is -2.33. The van der Waals surface area contributed by atoms with Crippen molar-refractivity contribution in [3.63, 3.8) is 0 Å². The zero-order valence-corrected chi connectivity index (χ0v) is 14.2. The first kappa shape index (κ1) is 18.3. The number of hydrogen-bond donors (Lipinski definition) is 2. The molecule has 1 aromatic carbocycles. The van der Waals surface area contributed by atoms with Crippen molar-refractivity contribution in [1.82, 2.24) is 9.79 Å². The highest BCUT2D eigenvalue weighted by Gasteiger charge is 2.37. The van der Waals surface area contributed by atoms with E-state index in [0.717, 1.165) is 10.7 Å². The highest BCUT2D eigenvalue weighted by atomic mass is 32.2. The maximum atomic E-state index is 12.8. The van der Waals surface area contributed by atoms with E-state index in [9.17, 15) is 13.2 Å². The zero-order chi connectivity index (χ0) is 17.6. The maximum absolute atomic E-state index is 12.8. The van der Waals surface area contributed by atoms with E-state index < -0.39 is 22.0 Å². The van der Waals surface area contributed by atoms with E-state index in [1.165, 1.54) is 12.1 Å². The minimum atomic E-state index is -3.83. The molecule has 1 aromatic rings. The summed E-state index contributed by atoms with van der Waals surface area (Å²) in [6.07, 6.45) is 1.78. The van der Waals surface area contributed by atoms with Crippen molar-refractivity contribution in [1.29, 1.82) is 0 Å². The van der Waals surface area contributed by atoms with Crippen molar-refractivity contribution in [2.24, 2.45) is 0 Å². The average molecular weight is 352 g/mol. The van der Waals surface area contributed by atoms with Crippen LogP contribution in [-0.4, -0.2) is 43.0 Å². The quantitative estimate of drug-likeness (QED) is 0.471. The van der Waals surface area contributed by atoms with Gasteiger partial charge in [-0.2, -0.15) is 4.31 Å². The van der Waals surface area contributed by atoms with Gasteiger partial charge in [-0.05, 0) is 44.0 Å². The molecule has 0 spiro atoms. The van der Waals surface area contributed by atoms with Crippen LogP contribution in [0.15, 0.2) is 29.2 Å². The number of piperidine rings is 1. The smallest absolute Gasteiger partial charge is 0.261 e. The Bertz CT molecular complexity index is 734. The van der Waals surface area contributed by atoms with Crippen molar-refractivity contribution in [2.45, 2.75) is 37.1 Å². The Morgan fingerprint density at radius 2 is 2.08 bits per heavy atom. The number of carbonyl (C=O) groups is 1. The summed E-state index contributed by atoms with van der Waals surface area (Å²) >= 11 is 0. The van der Waals surface area contributed by atoms with Crippen LogP contribution in [0.2, 0.25) is 0 Å². The third-order valence-electron chi connectivity index (χ3n) is 3.78. The molecule has 0 aliphatic carbocycles. The van der Waals surface area contributed by atoms with Crippen LogP contribution in [-0.2, 0) is 14.8 Å². The number of rotatable bonds is 5. The summed E-state index contributed by atoms with van der Waals surface area (Å²) in [6.45, 7) is 2.18. The number of hydroxylamine groups is 1. The van der Waals surface area contributed by atoms with Gasteiger partial charge in [-0.25, -0.2) is 13.9 Å². The van der Waals surface area contributed by atoms with Crippen LogP contribution >= 0.6 is 0 Å². The average Bonchev–Trinajstić information content (AvgIpc) is 2.61. The second-order valence-electron chi connectivity index (χ2n) is 5.29. The number of benzene rings is 1. The van der Waals surface area contributed by atoms with E-state index in [-0.39, 0.29) is 18.0 Å². The Balaban J connectivity index is 2.21. The predicted octanol–water partition coefficient (Wildman–Crippen LogP) is 1.14. The molecule has 0 saturated carbocycles. The van der Waals surface area contributed by atoms with Crippen molar-refractivity contribution < 1.29 is 23.2 Å². The molecule has 1 heterocycles. The van der Waals surface area contributed by atoms with Gasteiger partial charge in [0.1, 0.15) is 18.4 Å². The van der Waals surface area contributed by atoms with Gasteiger partial charge in [0.05, 0.1) is 4.90 Å². The molecule has 24 heavy (non-hydrogen) atoms. The van der Waals surface area contributed by atoms with Gasteiger partial charge in [0.15, 0.2) is 0 Å². The molecule has 1 aliphatic heterocycles. The molecule has 0 aromatic heterocycles. The number of hydrogen-bond acceptors (Lipinski definition) is 5. The Kier molecular flexibility index (Phi) is 6.20. The van der Waals surface area contributed by atoms with Gasteiger partial charge in [0, 0.05) is 6.54 Å². The number of ether oxygens (including phenoxy) is 1. The van der Waals surface area contributed by atoms with Crippen molar-refractivity contribution in [3.05, 3.63) is 24.3 Å². The summed E-state index contributed by atoms with van der Waals surface area (Å²) in [5, 5.41) is 8.83. The number of amides is 1. The molecule has 7 nitrogen and oxygen atoms in total. The van der Waals surface area contributed by atoms with Crippen LogP contribution < -0.4 is 10.2 Å². The molecule has 1 aliphatic rings. The summed E-state index contributed by atoms with van der Waals surface area (Å²) in [5.41, 5.74) is 1.55. The number of nitrogens with zero attached hydrogens (tertiary/aromatic N) is 1. The van der Waals surface area contributed by atoms with Gasteiger partial charge in [0.25, 0.3) is 5.91 Å². The minimum Gasteiger partial charge on any atom is -0.481 e. The fraction of sp³-hybridized carbons (Fsp3) is 0.438. The van der Waals surface area contributed by atoms with E-state index in [2.05, 4.69) is 11.8 Å². The lowest BCUT2D eigenvalue weighted by Crippen LogP contribution is -2.51. The van der Waals surface area contributed by atoms with E-state index >= 15 is 0 Å². The molecular formula is C16H20N2O5S. The van der Waals surface area contributed by atoms with Gasteiger partial charge in [-0.1, -0.05) is 12.3 Å². The Labute approximate surface area is 141 Å². The zero-order valence-electron chi connectivity index (χ0n) is 13.4. The van der Waals surface area contributed by atoms with Crippen molar-refractivity contribution in [3.8, 4) is 17.6 Å². The predicted molar refractivity (Wildman–Crippen MR) is 86.8 cm³/mol. The van der Waals surface area contributed by atoms with Crippen LogP contribution in [0.5, 0.6) is 5.75 Å². The number of sulfonamides is 1. The van der Waals surface area contributed by atoms with Crippen molar-refractivity contribution >= 4 is 15.9 Å².